The van der Waals surface area contributed by atoms with Crippen molar-refractivity contribution < 1.29 is 26.5 Å². The number of esters is 1. The Morgan fingerprint density at radius 1 is 0.704 bits per heavy atom. The molecule has 0 aliphatic carbocycles. The standard InChI is InChI=1S/C23H40NO2.ClH/c1-2-3-4-5-6-7-8-9-10-11-12-13-14-18-21-26-23(25)22-24-19-16-15-17-20-24;/h15-17,19-20H,2-14,18,21-22H2,1H3;1H/q+1;/p-1. The molecule has 0 atom stereocenters. The maximum Gasteiger partial charge on any atom is 0.372 e. The van der Waals surface area contributed by atoms with Crippen LogP contribution >= 0.6 is 0 Å². The number of carbonyl (C=O) groups is 1. The molecule has 156 valence electrons. The van der Waals surface area contributed by atoms with Crippen LogP contribution in [0.15, 0.2) is 30.6 Å². The van der Waals surface area contributed by atoms with E-state index in [1.807, 2.05) is 35.2 Å². The third-order valence-corrected chi connectivity index (χ3v) is 4.85. The van der Waals surface area contributed by atoms with Crippen LogP contribution < -0.4 is 17.0 Å². The summed E-state index contributed by atoms with van der Waals surface area (Å²) in [6.45, 7) is 3.14. The fourth-order valence-corrected chi connectivity index (χ4v) is 3.22. The van der Waals surface area contributed by atoms with Crippen LogP contribution in [0, 0.1) is 0 Å². The van der Waals surface area contributed by atoms with Crippen molar-refractivity contribution in [2.45, 2.75) is 103 Å². The zero-order valence-electron chi connectivity index (χ0n) is 17.3. The highest BCUT2D eigenvalue weighted by Crippen LogP contribution is 2.12. The van der Waals surface area contributed by atoms with E-state index in [-0.39, 0.29) is 18.4 Å². The molecule has 0 saturated carbocycles. The normalized spacial score (nSPS) is 10.4. The first-order chi connectivity index (χ1) is 12.8. The highest BCUT2D eigenvalue weighted by molar-refractivity contribution is 5.67. The summed E-state index contributed by atoms with van der Waals surface area (Å²) in [6.07, 6.45) is 22.6. The van der Waals surface area contributed by atoms with Crippen molar-refractivity contribution in [1.29, 1.82) is 0 Å². The van der Waals surface area contributed by atoms with Gasteiger partial charge in [0, 0.05) is 12.1 Å². The second-order valence-electron chi connectivity index (χ2n) is 7.36. The van der Waals surface area contributed by atoms with Gasteiger partial charge in [0.2, 0.25) is 6.54 Å². The first-order valence-corrected chi connectivity index (χ1v) is 10.9. The fraction of sp³-hybridized carbons (Fsp3) is 0.739. The third-order valence-electron chi connectivity index (χ3n) is 4.85. The quantitative estimate of drug-likeness (QED) is 0.230. The number of pyridine rings is 1. The minimum atomic E-state index is -0.143. The monoisotopic (exact) mass is 397 g/mol. The summed E-state index contributed by atoms with van der Waals surface area (Å²) < 4.78 is 7.13. The van der Waals surface area contributed by atoms with Gasteiger partial charge in [-0.05, 0) is 6.42 Å². The minimum Gasteiger partial charge on any atom is -1.00 e. The molecule has 0 fully saturated rings. The summed E-state index contributed by atoms with van der Waals surface area (Å²) in [6, 6.07) is 5.78. The van der Waals surface area contributed by atoms with Crippen molar-refractivity contribution in [2.75, 3.05) is 6.61 Å². The fourth-order valence-electron chi connectivity index (χ4n) is 3.22. The van der Waals surface area contributed by atoms with Crippen molar-refractivity contribution in [2.24, 2.45) is 0 Å². The maximum atomic E-state index is 11.7. The van der Waals surface area contributed by atoms with Gasteiger partial charge in [0.25, 0.3) is 0 Å². The van der Waals surface area contributed by atoms with Gasteiger partial charge in [-0.1, -0.05) is 96.5 Å². The van der Waals surface area contributed by atoms with Gasteiger partial charge < -0.3 is 17.1 Å². The largest absolute Gasteiger partial charge is 1.00 e. The molecule has 0 aliphatic rings. The van der Waals surface area contributed by atoms with Crippen LogP contribution in [0.4, 0.5) is 0 Å². The number of halogens is 1. The maximum absolute atomic E-state index is 11.7. The molecule has 1 aromatic rings. The zero-order chi connectivity index (χ0) is 18.7. The highest BCUT2D eigenvalue weighted by Gasteiger charge is 2.09. The molecule has 1 heterocycles. The molecule has 0 N–H and O–H groups in total. The molecule has 4 heteroatoms. The summed E-state index contributed by atoms with van der Waals surface area (Å²) in [5, 5.41) is 0. The molecule has 0 amide bonds. The zero-order valence-corrected chi connectivity index (χ0v) is 18.1. The molecule has 0 saturated heterocycles. The molecular formula is C23H40ClNO2. The lowest BCUT2D eigenvalue weighted by molar-refractivity contribution is -0.686. The Hall–Kier alpha value is -1.09. The van der Waals surface area contributed by atoms with Gasteiger partial charge in [-0.25, -0.2) is 4.79 Å². The second kappa shape index (κ2) is 19.7. The van der Waals surface area contributed by atoms with Crippen molar-refractivity contribution in [1.82, 2.24) is 0 Å². The molecule has 0 aromatic carbocycles. The van der Waals surface area contributed by atoms with Crippen LogP contribution in [0.3, 0.4) is 0 Å². The number of hydrogen-bond acceptors (Lipinski definition) is 2. The Labute approximate surface area is 173 Å². The summed E-state index contributed by atoms with van der Waals surface area (Å²) in [7, 11) is 0. The molecule has 0 aliphatic heterocycles. The number of nitrogens with zero attached hydrogens (tertiary/aromatic N) is 1. The van der Waals surface area contributed by atoms with Crippen molar-refractivity contribution in [3.05, 3.63) is 30.6 Å². The van der Waals surface area contributed by atoms with E-state index in [4.69, 9.17) is 4.74 Å². The first-order valence-electron chi connectivity index (χ1n) is 10.9. The van der Waals surface area contributed by atoms with Crippen LogP contribution in [0.2, 0.25) is 0 Å². The number of carbonyl (C=O) groups excluding carboxylic acids is 1. The summed E-state index contributed by atoms with van der Waals surface area (Å²) >= 11 is 0. The van der Waals surface area contributed by atoms with Gasteiger partial charge in [-0.15, -0.1) is 0 Å². The van der Waals surface area contributed by atoms with E-state index < -0.39 is 0 Å². The smallest absolute Gasteiger partial charge is 0.372 e. The van der Waals surface area contributed by atoms with Crippen LogP contribution in [0.1, 0.15) is 96.8 Å². The third kappa shape index (κ3) is 16.8. The Morgan fingerprint density at radius 3 is 1.63 bits per heavy atom. The molecular weight excluding hydrogens is 358 g/mol. The van der Waals surface area contributed by atoms with E-state index >= 15 is 0 Å². The van der Waals surface area contributed by atoms with Gasteiger partial charge >= 0.3 is 5.97 Å². The number of ether oxygens (including phenoxy) is 1. The van der Waals surface area contributed by atoms with E-state index in [9.17, 15) is 4.79 Å². The van der Waals surface area contributed by atoms with Crippen molar-refractivity contribution >= 4 is 5.97 Å². The minimum absolute atomic E-state index is 0. The molecule has 3 nitrogen and oxygen atoms in total. The lowest BCUT2D eigenvalue weighted by atomic mass is 10.0. The molecule has 0 bridgehead atoms. The summed E-state index contributed by atoms with van der Waals surface area (Å²) in [4.78, 5) is 11.7. The van der Waals surface area contributed by atoms with E-state index in [1.165, 1.54) is 83.5 Å². The molecule has 0 radical (unpaired) electrons. The van der Waals surface area contributed by atoms with Crippen LogP contribution in [-0.4, -0.2) is 12.6 Å². The molecule has 27 heavy (non-hydrogen) atoms. The van der Waals surface area contributed by atoms with Gasteiger partial charge in [0.1, 0.15) is 0 Å². The van der Waals surface area contributed by atoms with E-state index in [1.54, 1.807) is 0 Å². The Bertz CT molecular complexity index is 439. The van der Waals surface area contributed by atoms with Crippen molar-refractivity contribution in [3.8, 4) is 0 Å². The predicted octanol–water partition coefficient (Wildman–Crippen LogP) is 3.00. The van der Waals surface area contributed by atoms with Gasteiger partial charge in [-0.3, -0.25) is 0 Å². The van der Waals surface area contributed by atoms with Crippen LogP contribution in [-0.2, 0) is 16.1 Å². The van der Waals surface area contributed by atoms with Gasteiger partial charge in [0.15, 0.2) is 12.4 Å². The predicted molar refractivity (Wildman–Crippen MR) is 108 cm³/mol. The topological polar surface area (TPSA) is 30.2 Å². The molecule has 0 unspecified atom stereocenters. The van der Waals surface area contributed by atoms with Crippen LogP contribution in [0.25, 0.3) is 0 Å². The van der Waals surface area contributed by atoms with Crippen LogP contribution in [0.5, 0.6) is 0 Å². The Morgan fingerprint density at radius 2 is 1.15 bits per heavy atom. The molecule has 1 rings (SSSR count). The average molecular weight is 398 g/mol. The van der Waals surface area contributed by atoms with E-state index in [0.717, 1.165) is 6.42 Å². The SMILES string of the molecule is CCCCCCCCCCCCCCCCOC(=O)C[n+]1ccccc1.[Cl-]. The summed E-state index contributed by atoms with van der Waals surface area (Å²) in [5.41, 5.74) is 0. The Balaban J connectivity index is 0.00000676. The first kappa shape index (κ1) is 25.9. The summed E-state index contributed by atoms with van der Waals surface area (Å²) in [5.74, 6) is -0.143. The molecule has 0 spiro atoms. The number of aromatic nitrogens is 1. The van der Waals surface area contributed by atoms with Crippen molar-refractivity contribution in [3.63, 3.8) is 0 Å². The van der Waals surface area contributed by atoms with Gasteiger partial charge in [-0.2, -0.15) is 4.57 Å². The molecule has 1 aromatic heterocycles. The highest BCUT2D eigenvalue weighted by atomic mass is 35.5. The number of rotatable bonds is 17. The lowest BCUT2D eigenvalue weighted by Gasteiger charge is -2.04. The second-order valence-corrected chi connectivity index (χ2v) is 7.36. The van der Waals surface area contributed by atoms with E-state index in [0.29, 0.717) is 13.2 Å². The Kier molecular flexibility index (Phi) is 18.9. The van der Waals surface area contributed by atoms with E-state index in [2.05, 4.69) is 6.92 Å². The number of hydrogen-bond donors (Lipinski definition) is 0. The average Bonchev–Trinajstić information content (AvgIpc) is 2.65. The lowest BCUT2D eigenvalue weighted by Crippen LogP contribution is -3.00. The number of unbranched alkanes of at least 4 members (excludes halogenated alkanes) is 13. The van der Waals surface area contributed by atoms with Gasteiger partial charge in [0.05, 0.1) is 6.61 Å².